The maximum Gasteiger partial charge on any atom is 0.0976 e. The lowest BCUT2D eigenvalue weighted by Gasteiger charge is -2.24. The van der Waals surface area contributed by atoms with Crippen LogP contribution in [0.3, 0.4) is 0 Å². The average Bonchev–Trinajstić information content (AvgIpc) is 2.54. The van der Waals surface area contributed by atoms with E-state index in [9.17, 15) is 4.21 Å². The number of hydrogen-bond acceptors (Lipinski definition) is 2. The molecular formula is C19H25NO2S. The Kier molecular flexibility index (Phi) is 6.51. The highest BCUT2D eigenvalue weighted by molar-refractivity contribution is 7.84. The van der Waals surface area contributed by atoms with E-state index in [0.717, 1.165) is 11.1 Å². The minimum atomic E-state index is -1.15. The fourth-order valence-corrected chi connectivity index (χ4v) is 2.87. The number of ether oxygens (including phenoxy) is 1. The summed E-state index contributed by atoms with van der Waals surface area (Å²) in [5, 5.41) is 0. The van der Waals surface area contributed by atoms with Gasteiger partial charge < -0.3 is 4.74 Å². The van der Waals surface area contributed by atoms with Crippen LogP contribution in [0.4, 0.5) is 0 Å². The van der Waals surface area contributed by atoms with Gasteiger partial charge in [0.2, 0.25) is 0 Å². The third-order valence-corrected chi connectivity index (χ3v) is 5.01. The van der Waals surface area contributed by atoms with Gasteiger partial charge in [-0.05, 0) is 31.9 Å². The van der Waals surface area contributed by atoms with Crippen LogP contribution < -0.4 is 4.72 Å². The molecule has 0 saturated heterocycles. The number of rotatable bonds is 7. The molecule has 1 unspecified atom stereocenters. The van der Waals surface area contributed by atoms with Gasteiger partial charge in [-0.2, -0.15) is 0 Å². The van der Waals surface area contributed by atoms with Gasteiger partial charge in [0.05, 0.1) is 35.0 Å². The number of nitrogens with one attached hydrogen (secondary N) is 1. The largest absolute Gasteiger partial charge is 0.375 e. The van der Waals surface area contributed by atoms with Crippen molar-refractivity contribution in [3.8, 4) is 0 Å². The molecule has 4 heteroatoms. The van der Waals surface area contributed by atoms with Gasteiger partial charge >= 0.3 is 0 Å². The Hall–Kier alpha value is -1.49. The van der Waals surface area contributed by atoms with Crippen LogP contribution in [-0.2, 0) is 22.3 Å². The Bertz CT molecular complexity index is 608. The predicted octanol–water partition coefficient (Wildman–Crippen LogP) is 4.00. The lowest BCUT2D eigenvalue weighted by molar-refractivity contribution is 0.104. The molecular weight excluding hydrogens is 306 g/mol. The predicted molar refractivity (Wildman–Crippen MR) is 96.3 cm³/mol. The van der Waals surface area contributed by atoms with Gasteiger partial charge in [-0.3, -0.25) is 0 Å². The third kappa shape index (κ3) is 5.90. The fourth-order valence-electron chi connectivity index (χ4n) is 2.06. The SMILES string of the molecule is CC(C)(C)S(=O)N[C@@H](COCc1ccccc1)c1ccccc1. The minimum Gasteiger partial charge on any atom is -0.375 e. The number of benzene rings is 2. The van der Waals surface area contributed by atoms with Gasteiger partial charge in [0, 0.05) is 0 Å². The summed E-state index contributed by atoms with van der Waals surface area (Å²) in [6.07, 6.45) is 0. The van der Waals surface area contributed by atoms with Gasteiger partial charge in [0.1, 0.15) is 0 Å². The molecule has 23 heavy (non-hydrogen) atoms. The molecule has 0 aliphatic carbocycles. The molecule has 0 radical (unpaired) electrons. The van der Waals surface area contributed by atoms with E-state index >= 15 is 0 Å². The Labute approximate surface area is 141 Å². The molecule has 0 saturated carbocycles. The van der Waals surface area contributed by atoms with Gasteiger partial charge in [-0.25, -0.2) is 8.93 Å². The van der Waals surface area contributed by atoms with E-state index in [1.54, 1.807) is 0 Å². The van der Waals surface area contributed by atoms with Crippen LogP contribution in [0.1, 0.15) is 37.9 Å². The van der Waals surface area contributed by atoms with Gasteiger partial charge in [-0.1, -0.05) is 60.7 Å². The molecule has 0 spiro atoms. The zero-order chi connectivity index (χ0) is 16.7. The van der Waals surface area contributed by atoms with Gasteiger partial charge in [0.15, 0.2) is 0 Å². The molecule has 0 aliphatic heterocycles. The van der Waals surface area contributed by atoms with Crippen LogP contribution in [0.25, 0.3) is 0 Å². The van der Waals surface area contributed by atoms with E-state index in [1.165, 1.54) is 0 Å². The topological polar surface area (TPSA) is 38.3 Å². The Balaban J connectivity index is 2.01. The highest BCUT2D eigenvalue weighted by Crippen LogP contribution is 2.18. The maximum absolute atomic E-state index is 12.4. The summed E-state index contributed by atoms with van der Waals surface area (Å²) in [6, 6.07) is 20.0. The Morgan fingerprint density at radius 3 is 2.13 bits per heavy atom. The molecule has 2 aromatic rings. The average molecular weight is 331 g/mol. The van der Waals surface area contributed by atoms with Crippen LogP contribution in [-0.4, -0.2) is 15.6 Å². The summed E-state index contributed by atoms with van der Waals surface area (Å²) < 4.78 is 21.2. The molecule has 124 valence electrons. The Morgan fingerprint density at radius 2 is 1.57 bits per heavy atom. The van der Waals surface area contributed by atoms with Crippen LogP contribution in [0.15, 0.2) is 60.7 Å². The maximum atomic E-state index is 12.4. The van der Waals surface area contributed by atoms with Crippen molar-refractivity contribution >= 4 is 11.0 Å². The second kappa shape index (κ2) is 8.39. The number of hydrogen-bond donors (Lipinski definition) is 1. The van der Waals surface area contributed by atoms with E-state index in [4.69, 9.17) is 4.74 Å². The second-order valence-electron chi connectivity index (χ2n) is 6.46. The van der Waals surface area contributed by atoms with Crippen LogP contribution in [0.5, 0.6) is 0 Å². The van der Waals surface area contributed by atoms with E-state index in [2.05, 4.69) is 4.72 Å². The summed E-state index contributed by atoms with van der Waals surface area (Å²) in [7, 11) is -1.15. The first kappa shape index (κ1) is 17.9. The fraction of sp³-hybridized carbons (Fsp3) is 0.368. The summed E-state index contributed by atoms with van der Waals surface area (Å²) in [5.41, 5.74) is 2.22. The van der Waals surface area contributed by atoms with Crippen LogP contribution in [0, 0.1) is 0 Å². The lowest BCUT2D eigenvalue weighted by atomic mass is 10.1. The van der Waals surface area contributed by atoms with E-state index in [-0.39, 0.29) is 10.8 Å². The summed E-state index contributed by atoms with van der Waals surface area (Å²) in [6.45, 7) is 6.91. The molecule has 2 aromatic carbocycles. The van der Waals surface area contributed by atoms with Crippen molar-refractivity contribution in [1.82, 2.24) is 4.72 Å². The summed E-state index contributed by atoms with van der Waals surface area (Å²) in [5.74, 6) is 0. The van der Waals surface area contributed by atoms with Crippen LogP contribution >= 0.6 is 0 Å². The molecule has 2 atom stereocenters. The highest BCUT2D eigenvalue weighted by atomic mass is 32.2. The van der Waals surface area contributed by atoms with Crippen molar-refractivity contribution in [1.29, 1.82) is 0 Å². The molecule has 0 fully saturated rings. The first-order valence-corrected chi connectivity index (χ1v) is 8.96. The normalized spacial score (nSPS) is 14.4. The first-order chi connectivity index (χ1) is 11.0. The van der Waals surface area contributed by atoms with Gasteiger partial charge in [-0.15, -0.1) is 0 Å². The first-order valence-electron chi connectivity index (χ1n) is 7.81. The summed E-state index contributed by atoms with van der Waals surface area (Å²) >= 11 is 0. The van der Waals surface area contributed by atoms with Crippen molar-refractivity contribution in [3.63, 3.8) is 0 Å². The zero-order valence-corrected chi connectivity index (χ0v) is 14.8. The summed E-state index contributed by atoms with van der Waals surface area (Å²) in [4.78, 5) is 0. The molecule has 0 aromatic heterocycles. The smallest absolute Gasteiger partial charge is 0.0976 e. The third-order valence-electron chi connectivity index (χ3n) is 3.40. The molecule has 0 bridgehead atoms. The van der Waals surface area contributed by atoms with Crippen molar-refractivity contribution in [2.24, 2.45) is 0 Å². The second-order valence-corrected chi connectivity index (χ2v) is 8.46. The monoisotopic (exact) mass is 331 g/mol. The molecule has 2 rings (SSSR count). The Morgan fingerprint density at radius 1 is 1.00 bits per heavy atom. The van der Waals surface area contributed by atoms with E-state index in [1.807, 2.05) is 81.4 Å². The minimum absolute atomic E-state index is 0.0972. The van der Waals surface area contributed by atoms with E-state index < -0.39 is 11.0 Å². The van der Waals surface area contributed by atoms with Crippen LogP contribution in [0.2, 0.25) is 0 Å². The van der Waals surface area contributed by atoms with Crippen molar-refractivity contribution in [2.45, 2.75) is 38.2 Å². The quantitative estimate of drug-likeness (QED) is 0.833. The standard InChI is InChI=1S/C19H25NO2S/c1-19(2,3)23(21)20-18(17-12-8-5-9-13-17)15-22-14-16-10-6-4-7-11-16/h4-13,18,20H,14-15H2,1-3H3/t18-,23?/m0/s1. The molecule has 0 amide bonds. The molecule has 3 nitrogen and oxygen atoms in total. The van der Waals surface area contributed by atoms with Gasteiger partial charge in [0.25, 0.3) is 0 Å². The molecule has 0 heterocycles. The lowest BCUT2D eigenvalue weighted by Crippen LogP contribution is -2.37. The van der Waals surface area contributed by atoms with Crippen molar-refractivity contribution in [3.05, 3.63) is 71.8 Å². The van der Waals surface area contributed by atoms with Crippen molar-refractivity contribution < 1.29 is 8.95 Å². The molecule has 0 aliphatic rings. The zero-order valence-electron chi connectivity index (χ0n) is 14.0. The molecule has 1 N–H and O–H groups in total. The van der Waals surface area contributed by atoms with Crippen molar-refractivity contribution in [2.75, 3.05) is 6.61 Å². The highest BCUT2D eigenvalue weighted by Gasteiger charge is 2.23. The van der Waals surface area contributed by atoms with E-state index in [0.29, 0.717) is 13.2 Å².